The molecule has 0 aliphatic heterocycles. The molecule has 0 spiro atoms. The van der Waals surface area contributed by atoms with Gasteiger partial charge in [0.1, 0.15) is 0 Å². The predicted octanol–water partition coefficient (Wildman–Crippen LogP) is 8.66. The molecule has 3 aliphatic carbocycles. The van der Waals surface area contributed by atoms with Crippen molar-refractivity contribution in [2.24, 2.45) is 40.4 Å². The Morgan fingerprint density at radius 2 is 1.69 bits per heavy atom. The van der Waals surface area contributed by atoms with E-state index in [0.29, 0.717) is 10.8 Å². The average molecular weight is 361 g/mol. The van der Waals surface area contributed by atoms with Crippen LogP contribution in [0.1, 0.15) is 113 Å². The van der Waals surface area contributed by atoms with E-state index in [9.17, 15) is 0 Å². The van der Waals surface area contributed by atoms with Crippen LogP contribution in [0.2, 0.25) is 0 Å². The van der Waals surface area contributed by atoms with Crippen molar-refractivity contribution in [2.45, 2.75) is 113 Å². The summed E-state index contributed by atoms with van der Waals surface area (Å²) in [6, 6.07) is 0. The van der Waals surface area contributed by atoms with E-state index in [0.717, 1.165) is 29.6 Å². The van der Waals surface area contributed by atoms with Gasteiger partial charge in [-0.05, 0) is 85.9 Å². The lowest BCUT2D eigenvalue weighted by Crippen LogP contribution is -2.47. The van der Waals surface area contributed by atoms with Crippen LogP contribution in [-0.4, -0.2) is 0 Å². The Bertz CT molecular complexity index is 468. The average Bonchev–Trinajstić information content (AvgIpc) is 2.93. The molecule has 5 unspecified atom stereocenters. The maximum Gasteiger partial charge on any atom is -0.0116 e. The molecule has 0 heteroatoms. The number of unbranched alkanes of at least 4 members (excludes halogenated alkanes) is 1. The third-order valence-electron chi connectivity index (χ3n) is 8.86. The second-order valence-electron chi connectivity index (χ2n) is 10.7. The third-order valence-corrected chi connectivity index (χ3v) is 8.86. The Morgan fingerprint density at radius 3 is 2.35 bits per heavy atom. The van der Waals surface area contributed by atoms with Gasteiger partial charge in [-0.15, -0.1) is 0 Å². The van der Waals surface area contributed by atoms with Crippen molar-refractivity contribution in [3.8, 4) is 0 Å². The minimum Gasteiger partial charge on any atom is -0.0848 e. The number of hydrogen-bond donors (Lipinski definition) is 0. The second kappa shape index (κ2) is 8.83. The van der Waals surface area contributed by atoms with Crippen molar-refractivity contribution in [3.05, 3.63) is 11.6 Å². The van der Waals surface area contributed by atoms with Crippen LogP contribution in [0.4, 0.5) is 0 Å². The number of fused-ring (bicyclic) bond motifs is 3. The molecule has 0 N–H and O–H groups in total. The van der Waals surface area contributed by atoms with Crippen molar-refractivity contribution in [3.63, 3.8) is 0 Å². The van der Waals surface area contributed by atoms with Gasteiger partial charge < -0.3 is 0 Å². The molecule has 0 bridgehead atoms. The summed E-state index contributed by atoms with van der Waals surface area (Å²) in [4.78, 5) is 0. The molecule has 0 saturated heterocycles. The van der Waals surface area contributed by atoms with E-state index in [1.807, 2.05) is 13.8 Å². The highest BCUT2D eigenvalue weighted by atomic mass is 14.6. The molecule has 0 nitrogen and oxygen atoms in total. The number of allylic oxidation sites excluding steroid dienone is 2. The van der Waals surface area contributed by atoms with Crippen molar-refractivity contribution < 1.29 is 0 Å². The second-order valence-corrected chi connectivity index (χ2v) is 10.7. The van der Waals surface area contributed by atoms with E-state index in [4.69, 9.17) is 0 Å². The topological polar surface area (TPSA) is 0 Å². The fraction of sp³-hybridized carbons (Fsp3) is 0.923. The molecular formula is C26H48. The van der Waals surface area contributed by atoms with Gasteiger partial charge >= 0.3 is 0 Å². The third kappa shape index (κ3) is 4.10. The molecule has 0 radical (unpaired) electrons. The molecule has 2 saturated carbocycles. The summed E-state index contributed by atoms with van der Waals surface area (Å²) in [6.45, 7) is 18.9. The van der Waals surface area contributed by atoms with Gasteiger partial charge in [0.2, 0.25) is 0 Å². The Morgan fingerprint density at radius 1 is 1.00 bits per heavy atom. The first-order chi connectivity index (χ1) is 12.3. The predicted molar refractivity (Wildman–Crippen MR) is 117 cm³/mol. The monoisotopic (exact) mass is 360 g/mol. The molecule has 152 valence electrons. The highest BCUT2D eigenvalue weighted by molar-refractivity contribution is 5.19. The summed E-state index contributed by atoms with van der Waals surface area (Å²) in [5.74, 6) is 4.83. The minimum absolute atomic E-state index is 0.444. The highest BCUT2D eigenvalue weighted by Crippen LogP contribution is 2.64. The van der Waals surface area contributed by atoms with Gasteiger partial charge in [0.05, 0.1) is 0 Å². The van der Waals surface area contributed by atoms with Crippen molar-refractivity contribution in [1.82, 2.24) is 0 Å². The minimum atomic E-state index is 0.444. The summed E-state index contributed by atoms with van der Waals surface area (Å²) in [7, 11) is 0. The molecule has 0 aromatic heterocycles. The summed E-state index contributed by atoms with van der Waals surface area (Å²) in [5, 5.41) is 0. The summed E-state index contributed by atoms with van der Waals surface area (Å²) >= 11 is 0. The maximum atomic E-state index is 2.69. The molecule has 5 atom stereocenters. The Balaban J connectivity index is 0.00000117. The zero-order chi connectivity index (χ0) is 19.5. The number of hydrogen-bond acceptors (Lipinski definition) is 0. The van der Waals surface area contributed by atoms with Crippen LogP contribution in [0.15, 0.2) is 11.6 Å². The maximum absolute atomic E-state index is 2.69. The lowest BCUT2D eigenvalue weighted by Gasteiger charge is -2.55. The Labute approximate surface area is 165 Å². The quantitative estimate of drug-likeness (QED) is 0.340. The molecule has 0 aromatic carbocycles. The molecule has 26 heavy (non-hydrogen) atoms. The van der Waals surface area contributed by atoms with Crippen LogP contribution < -0.4 is 0 Å². The smallest absolute Gasteiger partial charge is 0.0116 e. The molecule has 3 rings (SSSR count). The summed E-state index contributed by atoms with van der Waals surface area (Å²) < 4.78 is 0. The number of rotatable bonds is 5. The zero-order valence-corrected chi connectivity index (χ0v) is 19.3. The van der Waals surface area contributed by atoms with Crippen molar-refractivity contribution in [2.75, 3.05) is 0 Å². The van der Waals surface area contributed by atoms with Crippen LogP contribution in [-0.2, 0) is 0 Å². The van der Waals surface area contributed by atoms with Gasteiger partial charge in [-0.25, -0.2) is 0 Å². The van der Waals surface area contributed by atoms with Gasteiger partial charge in [-0.3, -0.25) is 0 Å². The molecule has 3 aliphatic rings. The van der Waals surface area contributed by atoms with E-state index >= 15 is 0 Å². The van der Waals surface area contributed by atoms with E-state index in [1.165, 1.54) is 57.8 Å². The SMILES string of the molecule is CC.CC1=CCC2C(CCC3(C)C(CCCCC(C)C)CCC23)C1(C)C. The normalized spacial score (nSPS) is 38.1. The largest absolute Gasteiger partial charge is 0.0848 e. The van der Waals surface area contributed by atoms with Crippen LogP contribution in [0.5, 0.6) is 0 Å². The molecule has 2 fully saturated rings. The van der Waals surface area contributed by atoms with Crippen LogP contribution in [0.25, 0.3) is 0 Å². The van der Waals surface area contributed by atoms with Gasteiger partial charge in [-0.1, -0.05) is 79.4 Å². The fourth-order valence-corrected chi connectivity index (χ4v) is 6.91. The van der Waals surface area contributed by atoms with Crippen LogP contribution in [0.3, 0.4) is 0 Å². The molecule has 0 aromatic rings. The Kier molecular flexibility index (Phi) is 7.48. The Hall–Kier alpha value is -0.260. The first kappa shape index (κ1) is 22.0. The first-order valence-electron chi connectivity index (χ1n) is 11.9. The van der Waals surface area contributed by atoms with Gasteiger partial charge in [-0.2, -0.15) is 0 Å². The van der Waals surface area contributed by atoms with Gasteiger partial charge in [0.25, 0.3) is 0 Å². The first-order valence-corrected chi connectivity index (χ1v) is 11.9. The van der Waals surface area contributed by atoms with Gasteiger partial charge in [0.15, 0.2) is 0 Å². The van der Waals surface area contributed by atoms with E-state index in [-0.39, 0.29) is 0 Å². The fourth-order valence-electron chi connectivity index (χ4n) is 6.91. The van der Waals surface area contributed by atoms with Crippen molar-refractivity contribution >= 4 is 0 Å². The summed E-state index contributed by atoms with van der Waals surface area (Å²) in [5.41, 5.74) is 2.77. The molecular weight excluding hydrogens is 312 g/mol. The lowest BCUT2D eigenvalue weighted by atomic mass is 9.50. The van der Waals surface area contributed by atoms with Crippen LogP contribution in [0, 0.1) is 40.4 Å². The van der Waals surface area contributed by atoms with E-state index < -0.39 is 0 Å². The molecule has 0 heterocycles. The van der Waals surface area contributed by atoms with Crippen molar-refractivity contribution in [1.29, 1.82) is 0 Å². The van der Waals surface area contributed by atoms with Crippen LogP contribution >= 0.6 is 0 Å². The lowest BCUT2D eigenvalue weighted by molar-refractivity contribution is -0.0302. The van der Waals surface area contributed by atoms with Gasteiger partial charge in [0, 0.05) is 0 Å². The molecule has 0 amide bonds. The summed E-state index contributed by atoms with van der Waals surface area (Å²) in [6.07, 6.45) is 15.9. The highest BCUT2D eigenvalue weighted by Gasteiger charge is 2.56. The zero-order valence-electron chi connectivity index (χ0n) is 19.3. The standard InChI is InChI=1S/C24H42.C2H6/c1-17(2)9-7-8-10-19-12-14-22-20-13-11-18(3)23(4,5)21(20)15-16-24(19,22)6;1-2/h11,17,19-22H,7-10,12-16H2,1-6H3;1-2H3. The van der Waals surface area contributed by atoms with E-state index in [1.54, 1.807) is 5.57 Å². The van der Waals surface area contributed by atoms with E-state index in [2.05, 4.69) is 47.6 Å².